The van der Waals surface area contributed by atoms with Gasteiger partial charge < -0.3 is 4.74 Å². The Balaban J connectivity index is 1.71. The van der Waals surface area contributed by atoms with Gasteiger partial charge in [-0.15, -0.1) is 0 Å². The molecule has 2 aliphatic rings. The van der Waals surface area contributed by atoms with Crippen LogP contribution in [-0.2, 0) is 11.8 Å². The van der Waals surface area contributed by atoms with Crippen LogP contribution in [0.2, 0.25) is 0 Å². The molecule has 3 unspecified atom stereocenters. The molecular formula is C18H23N3O3. The molecule has 0 amide bonds. The van der Waals surface area contributed by atoms with Crippen LogP contribution in [0.1, 0.15) is 45.3 Å². The Labute approximate surface area is 140 Å². The third kappa shape index (κ3) is 2.40. The molecule has 1 saturated carbocycles. The lowest BCUT2D eigenvalue weighted by atomic mass is 9.72. The minimum Gasteiger partial charge on any atom is -0.354 e. The maximum absolute atomic E-state index is 12.5. The van der Waals surface area contributed by atoms with Crippen molar-refractivity contribution in [2.45, 2.75) is 51.4 Å². The Morgan fingerprint density at radius 3 is 2.75 bits per heavy atom. The van der Waals surface area contributed by atoms with Crippen molar-refractivity contribution in [1.82, 2.24) is 14.1 Å². The number of nitrogens with zero attached hydrogens (tertiary/aromatic N) is 3. The van der Waals surface area contributed by atoms with Gasteiger partial charge in [-0.3, -0.25) is 13.9 Å². The van der Waals surface area contributed by atoms with Gasteiger partial charge in [-0.25, -0.2) is 4.79 Å². The quantitative estimate of drug-likeness (QED) is 0.866. The number of aryl methyl sites for hydroxylation is 1. The average molecular weight is 329 g/mol. The van der Waals surface area contributed by atoms with Crippen LogP contribution in [0.3, 0.4) is 0 Å². The summed E-state index contributed by atoms with van der Waals surface area (Å²) in [6, 6.07) is 3.22. The lowest BCUT2D eigenvalue weighted by molar-refractivity contribution is -0.0166. The van der Waals surface area contributed by atoms with Gasteiger partial charge in [-0.05, 0) is 30.7 Å². The molecule has 24 heavy (non-hydrogen) atoms. The van der Waals surface area contributed by atoms with Gasteiger partial charge in [-0.1, -0.05) is 26.2 Å². The molecule has 2 aromatic rings. The number of hydrogen-bond donors (Lipinski definition) is 0. The van der Waals surface area contributed by atoms with Crippen molar-refractivity contribution in [3.05, 3.63) is 39.2 Å². The number of hydrogen-bond acceptors (Lipinski definition) is 4. The molecule has 1 saturated heterocycles. The Kier molecular flexibility index (Phi) is 3.79. The second-order valence-electron chi connectivity index (χ2n) is 7.07. The van der Waals surface area contributed by atoms with Gasteiger partial charge in [0.1, 0.15) is 11.9 Å². The molecular weight excluding hydrogens is 306 g/mol. The lowest BCUT2D eigenvalue weighted by Crippen LogP contribution is -2.29. The van der Waals surface area contributed by atoms with Crippen LogP contribution >= 0.6 is 0 Å². The molecule has 3 atom stereocenters. The Bertz CT molecular complexity index is 881. The highest BCUT2D eigenvalue weighted by Gasteiger charge is 2.41. The molecule has 128 valence electrons. The summed E-state index contributed by atoms with van der Waals surface area (Å²) in [5, 5.41) is 0.778. The third-order valence-electron chi connectivity index (χ3n) is 5.76. The second-order valence-corrected chi connectivity index (χ2v) is 7.07. The normalized spacial score (nSPS) is 27.5. The molecule has 0 N–H and O–H groups in total. The summed E-state index contributed by atoms with van der Waals surface area (Å²) in [4.78, 5) is 28.3. The monoisotopic (exact) mass is 329 g/mol. The van der Waals surface area contributed by atoms with Crippen molar-refractivity contribution in [3.63, 3.8) is 0 Å². The van der Waals surface area contributed by atoms with Crippen LogP contribution < -0.4 is 11.2 Å². The van der Waals surface area contributed by atoms with Crippen molar-refractivity contribution in [2.24, 2.45) is 18.9 Å². The zero-order valence-corrected chi connectivity index (χ0v) is 14.1. The number of ether oxygens (including phenoxy) is 1. The molecule has 0 radical (unpaired) electrons. The van der Waals surface area contributed by atoms with Crippen LogP contribution in [-0.4, -0.2) is 20.2 Å². The van der Waals surface area contributed by atoms with E-state index in [9.17, 15) is 9.59 Å². The zero-order valence-electron chi connectivity index (χ0n) is 14.1. The molecule has 6 heteroatoms. The summed E-state index contributed by atoms with van der Waals surface area (Å²) >= 11 is 0. The number of aromatic nitrogens is 3. The first-order valence-corrected chi connectivity index (χ1v) is 8.83. The van der Waals surface area contributed by atoms with E-state index in [2.05, 4.69) is 11.9 Å². The first-order valence-electron chi connectivity index (χ1n) is 8.83. The van der Waals surface area contributed by atoms with Gasteiger partial charge in [0.2, 0.25) is 0 Å². The van der Waals surface area contributed by atoms with E-state index in [1.54, 1.807) is 23.9 Å². The number of rotatable bonds is 3. The van der Waals surface area contributed by atoms with Crippen LogP contribution in [0.4, 0.5) is 0 Å². The molecule has 0 aromatic carbocycles. The summed E-state index contributed by atoms with van der Waals surface area (Å²) in [6.45, 7) is 2.15. The number of fused-ring (bicyclic) bond motifs is 1. The smallest absolute Gasteiger partial charge is 0.351 e. The third-order valence-corrected chi connectivity index (χ3v) is 5.76. The molecule has 0 spiro atoms. The van der Waals surface area contributed by atoms with Crippen molar-refractivity contribution in [1.29, 1.82) is 0 Å². The van der Waals surface area contributed by atoms with Gasteiger partial charge in [-0.2, -0.15) is 4.98 Å². The predicted molar refractivity (Wildman–Crippen MR) is 90.9 cm³/mol. The van der Waals surface area contributed by atoms with Crippen LogP contribution in [0.5, 0.6) is 0 Å². The van der Waals surface area contributed by atoms with E-state index in [-0.39, 0.29) is 23.6 Å². The van der Waals surface area contributed by atoms with E-state index in [0.29, 0.717) is 11.6 Å². The summed E-state index contributed by atoms with van der Waals surface area (Å²) in [5.74, 6) is 1.28. The maximum atomic E-state index is 12.5. The highest BCUT2D eigenvalue weighted by Crippen LogP contribution is 2.45. The number of pyridine rings is 1. The minimum absolute atomic E-state index is 0.166. The van der Waals surface area contributed by atoms with Crippen LogP contribution in [0, 0.1) is 11.8 Å². The second kappa shape index (κ2) is 5.84. The summed E-state index contributed by atoms with van der Waals surface area (Å²) in [6.07, 6.45) is 7.49. The molecule has 2 fully saturated rings. The van der Waals surface area contributed by atoms with Crippen molar-refractivity contribution >= 4 is 11.0 Å². The van der Waals surface area contributed by atoms with E-state index in [1.165, 1.54) is 29.9 Å². The molecule has 3 heterocycles. The first kappa shape index (κ1) is 15.6. The van der Waals surface area contributed by atoms with E-state index in [1.807, 2.05) is 0 Å². The first-order chi connectivity index (χ1) is 11.6. The van der Waals surface area contributed by atoms with Gasteiger partial charge in [0.05, 0.1) is 6.10 Å². The van der Waals surface area contributed by atoms with E-state index >= 15 is 0 Å². The molecule has 1 aliphatic carbocycles. The fourth-order valence-electron chi connectivity index (χ4n) is 4.13. The molecule has 4 rings (SSSR count). The summed E-state index contributed by atoms with van der Waals surface area (Å²) in [5.41, 5.74) is -0.0949. The summed E-state index contributed by atoms with van der Waals surface area (Å²) < 4.78 is 9.21. The van der Waals surface area contributed by atoms with E-state index in [4.69, 9.17) is 4.74 Å². The largest absolute Gasteiger partial charge is 0.354 e. The predicted octanol–water partition coefficient (Wildman–Crippen LogP) is 2.21. The minimum atomic E-state index is -0.349. The summed E-state index contributed by atoms with van der Waals surface area (Å²) in [7, 11) is 1.63. The molecule has 0 bridgehead atoms. The highest BCUT2D eigenvalue weighted by atomic mass is 16.5. The molecule has 6 nitrogen and oxygen atoms in total. The van der Waals surface area contributed by atoms with Crippen LogP contribution in [0.15, 0.2) is 27.9 Å². The van der Waals surface area contributed by atoms with Gasteiger partial charge in [0, 0.05) is 24.7 Å². The molecule has 1 aliphatic heterocycles. The Morgan fingerprint density at radius 2 is 2.08 bits per heavy atom. The van der Waals surface area contributed by atoms with Gasteiger partial charge >= 0.3 is 5.69 Å². The SMILES string of the molecule is CCC1OC(n2cc3ccc(=O)n(C)c3nc2=O)CC1C1CCC1. The van der Waals surface area contributed by atoms with E-state index in [0.717, 1.165) is 24.1 Å². The van der Waals surface area contributed by atoms with Crippen molar-refractivity contribution in [3.8, 4) is 0 Å². The van der Waals surface area contributed by atoms with Gasteiger partial charge in [0.25, 0.3) is 5.56 Å². The van der Waals surface area contributed by atoms with Gasteiger partial charge in [0.15, 0.2) is 0 Å². The highest BCUT2D eigenvalue weighted by molar-refractivity contribution is 5.73. The standard InChI is InChI=1S/C18H23N3O3/c1-3-14-13(11-5-4-6-11)9-16(24-14)21-10-12-7-8-15(22)20(2)17(12)19-18(21)23/h7-8,10-11,13-14,16H,3-6,9H2,1-2H3. The fourth-order valence-corrected chi connectivity index (χ4v) is 4.13. The Morgan fingerprint density at radius 1 is 1.29 bits per heavy atom. The average Bonchev–Trinajstić information content (AvgIpc) is 2.93. The molecule has 2 aromatic heterocycles. The fraction of sp³-hybridized carbons (Fsp3) is 0.611. The topological polar surface area (TPSA) is 66.1 Å². The maximum Gasteiger partial charge on any atom is 0.351 e. The van der Waals surface area contributed by atoms with Crippen LogP contribution in [0.25, 0.3) is 11.0 Å². The Hall–Kier alpha value is -1.95. The lowest BCUT2D eigenvalue weighted by Gasteiger charge is -2.33. The van der Waals surface area contributed by atoms with E-state index < -0.39 is 0 Å². The van der Waals surface area contributed by atoms with Crippen molar-refractivity contribution in [2.75, 3.05) is 0 Å². The van der Waals surface area contributed by atoms with Crippen molar-refractivity contribution < 1.29 is 4.74 Å². The zero-order chi connectivity index (χ0) is 16.8.